The molecule has 1 aliphatic heterocycles. The van der Waals surface area contributed by atoms with Crippen LogP contribution in [0.15, 0.2) is 60.7 Å². The number of aromatic nitrogens is 3. The second kappa shape index (κ2) is 7.79. The Hall–Kier alpha value is -3.19. The largest absolute Gasteiger partial charge is 0.338 e. The molecule has 0 spiro atoms. The van der Waals surface area contributed by atoms with E-state index in [9.17, 15) is 0 Å². The second-order valence-corrected chi connectivity index (χ2v) is 6.00. The number of nitrogens with one attached hydrogen (secondary N) is 3. The molecular formula is C19H21N7. The highest BCUT2D eigenvalue weighted by Crippen LogP contribution is 2.20. The highest BCUT2D eigenvalue weighted by Gasteiger charge is 2.16. The van der Waals surface area contributed by atoms with Gasteiger partial charge in [-0.1, -0.05) is 36.4 Å². The minimum Gasteiger partial charge on any atom is -0.338 e. The molecule has 0 saturated carbocycles. The van der Waals surface area contributed by atoms with Gasteiger partial charge in [-0.25, -0.2) is 0 Å². The lowest BCUT2D eigenvalue weighted by molar-refractivity contribution is 0.579. The van der Waals surface area contributed by atoms with Gasteiger partial charge in [-0.3, -0.25) is 0 Å². The van der Waals surface area contributed by atoms with Gasteiger partial charge in [0.15, 0.2) is 0 Å². The maximum Gasteiger partial charge on any atom is 0.233 e. The molecule has 1 fully saturated rings. The van der Waals surface area contributed by atoms with Gasteiger partial charge >= 0.3 is 0 Å². The quantitative estimate of drug-likeness (QED) is 0.655. The SMILES string of the molecule is c1ccc(Nc2nc(Nc3ccccc3)nc(N3CCNCC3)n2)cc1. The average molecular weight is 347 g/mol. The molecule has 132 valence electrons. The van der Waals surface area contributed by atoms with E-state index in [1.54, 1.807) is 0 Å². The number of rotatable bonds is 5. The highest BCUT2D eigenvalue weighted by molar-refractivity contribution is 5.59. The van der Waals surface area contributed by atoms with Crippen molar-refractivity contribution in [3.05, 3.63) is 60.7 Å². The monoisotopic (exact) mass is 347 g/mol. The van der Waals surface area contributed by atoms with Crippen molar-refractivity contribution in [2.24, 2.45) is 0 Å². The summed E-state index contributed by atoms with van der Waals surface area (Å²) in [5.41, 5.74) is 1.88. The number of hydrogen-bond donors (Lipinski definition) is 3. The number of benzene rings is 2. The van der Waals surface area contributed by atoms with E-state index in [2.05, 4.69) is 35.8 Å². The summed E-state index contributed by atoms with van der Waals surface area (Å²) in [6.07, 6.45) is 0. The van der Waals surface area contributed by atoms with Gasteiger partial charge in [-0.2, -0.15) is 15.0 Å². The molecule has 7 nitrogen and oxygen atoms in total. The smallest absolute Gasteiger partial charge is 0.233 e. The number of hydrogen-bond acceptors (Lipinski definition) is 7. The van der Waals surface area contributed by atoms with E-state index in [1.165, 1.54) is 0 Å². The fourth-order valence-electron chi connectivity index (χ4n) is 2.78. The van der Waals surface area contributed by atoms with Gasteiger partial charge in [0, 0.05) is 37.6 Å². The molecule has 4 rings (SSSR count). The Morgan fingerprint density at radius 2 is 1.19 bits per heavy atom. The van der Waals surface area contributed by atoms with Crippen molar-refractivity contribution in [3.8, 4) is 0 Å². The third-order valence-electron chi connectivity index (χ3n) is 4.08. The van der Waals surface area contributed by atoms with Crippen LogP contribution in [0, 0.1) is 0 Å². The molecule has 7 heteroatoms. The summed E-state index contributed by atoms with van der Waals surface area (Å²) in [7, 11) is 0. The van der Waals surface area contributed by atoms with Crippen LogP contribution in [0.5, 0.6) is 0 Å². The van der Waals surface area contributed by atoms with Gasteiger partial charge in [0.1, 0.15) is 0 Å². The first-order valence-corrected chi connectivity index (χ1v) is 8.73. The molecule has 26 heavy (non-hydrogen) atoms. The molecular weight excluding hydrogens is 326 g/mol. The topological polar surface area (TPSA) is 78.0 Å². The van der Waals surface area contributed by atoms with Gasteiger partial charge in [0.05, 0.1) is 0 Å². The maximum atomic E-state index is 4.62. The van der Waals surface area contributed by atoms with Gasteiger partial charge in [0.25, 0.3) is 0 Å². The minimum absolute atomic E-state index is 0.526. The van der Waals surface area contributed by atoms with Crippen molar-refractivity contribution in [2.75, 3.05) is 41.7 Å². The van der Waals surface area contributed by atoms with E-state index in [-0.39, 0.29) is 0 Å². The Balaban J connectivity index is 1.64. The van der Waals surface area contributed by atoms with E-state index >= 15 is 0 Å². The highest BCUT2D eigenvalue weighted by atomic mass is 15.3. The van der Waals surface area contributed by atoms with Crippen molar-refractivity contribution in [1.82, 2.24) is 20.3 Å². The number of piperazine rings is 1. The summed E-state index contributed by atoms with van der Waals surface area (Å²) >= 11 is 0. The summed E-state index contributed by atoms with van der Waals surface area (Å²) < 4.78 is 0. The lowest BCUT2D eigenvalue weighted by Crippen LogP contribution is -2.44. The molecule has 0 amide bonds. The fraction of sp³-hybridized carbons (Fsp3) is 0.211. The molecule has 2 aromatic carbocycles. The molecule has 3 aromatic rings. The van der Waals surface area contributed by atoms with Crippen LogP contribution in [-0.2, 0) is 0 Å². The van der Waals surface area contributed by atoms with Crippen LogP contribution in [0.4, 0.5) is 29.2 Å². The Kier molecular flexibility index (Phi) is 4.88. The molecule has 3 N–H and O–H groups in total. The van der Waals surface area contributed by atoms with E-state index in [0.717, 1.165) is 37.6 Å². The average Bonchev–Trinajstić information content (AvgIpc) is 2.70. The first-order chi connectivity index (χ1) is 12.9. The Labute approximate surface area is 152 Å². The van der Waals surface area contributed by atoms with Gasteiger partial charge in [-0.15, -0.1) is 0 Å². The van der Waals surface area contributed by atoms with Gasteiger partial charge in [-0.05, 0) is 24.3 Å². The lowest BCUT2D eigenvalue weighted by Gasteiger charge is -2.27. The molecule has 1 aromatic heterocycles. The molecule has 0 aliphatic carbocycles. The summed E-state index contributed by atoms with van der Waals surface area (Å²) in [5.74, 6) is 1.73. The van der Waals surface area contributed by atoms with Crippen LogP contribution in [0.3, 0.4) is 0 Å². The third-order valence-corrected chi connectivity index (χ3v) is 4.08. The molecule has 2 heterocycles. The van der Waals surface area contributed by atoms with Crippen LogP contribution in [0.1, 0.15) is 0 Å². The first kappa shape index (κ1) is 16.3. The summed E-state index contributed by atoms with van der Waals surface area (Å²) in [6, 6.07) is 19.8. The summed E-state index contributed by atoms with van der Waals surface area (Å²) in [6.45, 7) is 3.60. The Morgan fingerprint density at radius 3 is 1.69 bits per heavy atom. The zero-order valence-electron chi connectivity index (χ0n) is 14.4. The predicted octanol–water partition coefficient (Wildman–Crippen LogP) is 2.77. The summed E-state index contributed by atoms with van der Waals surface area (Å²) in [5, 5.41) is 9.88. The molecule has 0 unspecified atom stereocenters. The van der Waals surface area contributed by atoms with E-state index in [4.69, 9.17) is 0 Å². The number of anilines is 5. The second-order valence-electron chi connectivity index (χ2n) is 6.00. The normalized spacial score (nSPS) is 14.1. The van der Waals surface area contributed by atoms with Crippen molar-refractivity contribution < 1.29 is 0 Å². The first-order valence-electron chi connectivity index (χ1n) is 8.73. The number of para-hydroxylation sites is 2. The predicted molar refractivity (Wildman–Crippen MR) is 104 cm³/mol. The van der Waals surface area contributed by atoms with Crippen molar-refractivity contribution in [2.45, 2.75) is 0 Å². The molecule has 0 atom stereocenters. The Morgan fingerprint density at radius 1 is 0.692 bits per heavy atom. The standard InChI is InChI=1S/C19H21N7/c1-3-7-15(8-4-1)21-17-23-18(22-16-9-5-2-6-10-16)25-19(24-17)26-13-11-20-12-14-26/h1-10,20H,11-14H2,(H2,21,22,23,24,25). The summed E-state index contributed by atoms with van der Waals surface area (Å²) in [4.78, 5) is 15.9. The van der Waals surface area contributed by atoms with Crippen molar-refractivity contribution >= 4 is 29.2 Å². The van der Waals surface area contributed by atoms with Crippen LogP contribution in [0.2, 0.25) is 0 Å². The van der Waals surface area contributed by atoms with Crippen molar-refractivity contribution in [3.63, 3.8) is 0 Å². The fourth-order valence-corrected chi connectivity index (χ4v) is 2.78. The van der Waals surface area contributed by atoms with Crippen LogP contribution in [0.25, 0.3) is 0 Å². The van der Waals surface area contributed by atoms with Gasteiger partial charge < -0.3 is 20.9 Å². The molecule has 1 aliphatic rings. The maximum absolute atomic E-state index is 4.62. The van der Waals surface area contributed by atoms with E-state index in [1.807, 2.05) is 60.7 Å². The van der Waals surface area contributed by atoms with Crippen LogP contribution < -0.4 is 20.9 Å². The van der Waals surface area contributed by atoms with Crippen LogP contribution >= 0.6 is 0 Å². The third kappa shape index (κ3) is 4.07. The molecule has 0 radical (unpaired) electrons. The molecule has 0 bridgehead atoms. The van der Waals surface area contributed by atoms with Gasteiger partial charge in [0.2, 0.25) is 17.8 Å². The number of nitrogens with zero attached hydrogens (tertiary/aromatic N) is 4. The molecule has 1 saturated heterocycles. The van der Waals surface area contributed by atoms with Crippen molar-refractivity contribution in [1.29, 1.82) is 0 Å². The zero-order valence-corrected chi connectivity index (χ0v) is 14.4. The Bertz CT molecular complexity index is 773. The van der Waals surface area contributed by atoms with Crippen LogP contribution in [-0.4, -0.2) is 41.1 Å². The lowest BCUT2D eigenvalue weighted by atomic mass is 10.3. The van der Waals surface area contributed by atoms with E-state index in [0.29, 0.717) is 17.8 Å². The minimum atomic E-state index is 0.526. The zero-order chi connectivity index (χ0) is 17.6. The van der Waals surface area contributed by atoms with E-state index < -0.39 is 0 Å².